The van der Waals surface area contributed by atoms with Gasteiger partial charge >= 0.3 is 0 Å². The second kappa shape index (κ2) is 10.2. The minimum absolute atomic E-state index is 0. The molecule has 0 aromatic heterocycles. The second-order valence-corrected chi connectivity index (χ2v) is 6.57. The lowest BCUT2D eigenvalue weighted by Crippen LogP contribution is -2.43. The molecular formula is C21H28ClN3O2. The molecule has 3 rings (SSSR count). The SMILES string of the molecule is COc1ccc(/C=N\N2CCN(Cc3ccc(C)cc3)CC2)c(OC)c1.Cl. The van der Waals surface area contributed by atoms with E-state index in [4.69, 9.17) is 9.47 Å². The van der Waals surface area contributed by atoms with Crippen LogP contribution in [0.4, 0.5) is 0 Å². The van der Waals surface area contributed by atoms with Crippen molar-refractivity contribution in [1.82, 2.24) is 9.91 Å². The standard InChI is InChI=1S/C21H27N3O2.ClH/c1-17-4-6-18(7-5-17)16-23-10-12-24(13-11-23)22-15-19-8-9-20(25-2)14-21(19)26-3;/h4-9,14-15H,10-13,16H2,1-3H3;1H/b22-15-;. The van der Waals surface area contributed by atoms with Crippen molar-refractivity contribution in [2.24, 2.45) is 5.10 Å². The van der Waals surface area contributed by atoms with Crippen molar-refractivity contribution >= 4 is 18.6 Å². The molecule has 2 aromatic rings. The number of halogens is 1. The molecule has 1 heterocycles. The molecule has 27 heavy (non-hydrogen) atoms. The van der Waals surface area contributed by atoms with Gasteiger partial charge in [0.25, 0.3) is 0 Å². The van der Waals surface area contributed by atoms with Gasteiger partial charge in [0.2, 0.25) is 0 Å². The first-order valence-electron chi connectivity index (χ1n) is 8.97. The molecule has 0 bridgehead atoms. The molecule has 0 amide bonds. The highest BCUT2D eigenvalue weighted by Gasteiger charge is 2.15. The molecule has 0 radical (unpaired) electrons. The molecule has 0 spiro atoms. The van der Waals surface area contributed by atoms with Crippen molar-refractivity contribution in [3.63, 3.8) is 0 Å². The highest BCUT2D eigenvalue weighted by molar-refractivity contribution is 5.85. The van der Waals surface area contributed by atoms with Crippen LogP contribution in [0.2, 0.25) is 0 Å². The number of hydrogen-bond donors (Lipinski definition) is 0. The lowest BCUT2D eigenvalue weighted by molar-refractivity contribution is 0.131. The average Bonchev–Trinajstić information content (AvgIpc) is 2.69. The van der Waals surface area contributed by atoms with Gasteiger partial charge in [-0.3, -0.25) is 9.91 Å². The Balaban J connectivity index is 0.00000261. The van der Waals surface area contributed by atoms with Crippen LogP contribution in [-0.4, -0.2) is 56.5 Å². The number of hydrazone groups is 1. The summed E-state index contributed by atoms with van der Waals surface area (Å²) >= 11 is 0. The third-order valence-corrected chi connectivity index (χ3v) is 4.68. The Hall–Kier alpha value is -2.24. The van der Waals surface area contributed by atoms with E-state index >= 15 is 0 Å². The molecule has 1 saturated heterocycles. The second-order valence-electron chi connectivity index (χ2n) is 6.57. The molecule has 0 unspecified atom stereocenters. The summed E-state index contributed by atoms with van der Waals surface area (Å²) in [6, 6.07) is 14.6. The highest BCUT2D eigenvalue weighted by Crippen LogP contribution is 2.23. The van der Waals surface area contributed by atoms with E-state index in [0.717, 1.165) is 49.8 Å². The van der Waals surface area contributed by atoms with Crippen molar-refractivity contribution in [3.8, 4) is 11.5 Å². The Bertz CT molecular complexity index is 742. The number of piperazine rings is 1. The number of hydrogen-bond acceptors (Lipinski definition) is 5. The van der Waals surface area contributed by atoms with Crippen LogP contribution in [0, 0.1) is 6.92 Å². The Morgan fingerprint density at radius 1 is 0.963 bits per heavy atom. The minimum Gasteiger partial charge on any atom is -0.497 e. The zero-order valence-corrected chi connectivity index (χ0v) is 17.0. The van der Waals surface area contributed by atoms with Gasteiger partial charge in [0.15, 0.2) is 0 Å². The first kappa shape index (κ1) is 21.1. The molecule has 1 aliphatic heterocycles. The predicted molar refractivity (Wildman–Crippen MR) is 112 cm³/mol. The number of ether oxygens (including phenoxy) is 2. The highest BCUT2D eigenvalue weighted by atomic mass is 35.5. The van der Waals surface area contributed by atoms with E-state index in [1.165, 1.54) is 11.1 Å². The molecule has 2 aromatic carbocycles. The van der Waals surface area contributed by atoms with Gasteiger partial charge in [-0.25, -0.2) is 0 Å². The normalized spacial score (nSPS) is 14.9. The number of aryl methyl sites for hydroxylation is 1. The van der Waals surface area contributed by atoms with Gasteiger partial charge in [0.1, 0.15) is 11.5 Å². The number of rotatable bonds is 6. The van der Waals surface area contributed by atoms with Crippen LogP contribution in [0.1, 0.15) is 16.7 Å². The zero-order valence-electron chi connectivity index (χ0n) is 16.2. The minimum atomic E-state index is 0. The Labute approximate surface area is 168 Å². The molecule has 0 N–H and O–H groups in total. The van der Waals surface area contributed by atoms with Crippen LogP contribution in [-0.2, 0) is 6.54 Å². The molecule has 1 aliphatic rings. The van der Waals surface area contributed by atoms with E-state index in [9.17, 15) is 0 Å². The van der Waals surface area contributed by atoms with E-state index in [1.807, 2.05) is 24.4 Å². The van der Waals surface area contributed by atoms with Gasteiger partial charge in [-0.15, -0.1) is 12.4 Å². The van der Waals surface area contributed by atoms with Crippen LogP contribution < -0.4 is 9.47 Å². The summed E-state index contributed by atoms with van der Waals surface area (Å²) < 4.78 is 10.7. The van der Waals surface area contributed by atoms with Gasteiger partial charge in [-0.2, -0.15) is 5.10 Å². The lowest BCUT2D eigenvalue weighted by Gasteiger charge is -2.33. The summed E-state index contributed by atoms with van der Waals surface area (Å²) in [6.07, 6.45) is 1.87. The van der Waals surface area contributed by atoms with Gasteiger partial charge in [-0.1, -0.05) is 29.8 Å². The van der Waals surface area contributed by atoms with E-state index in [0.29, 0.717) is 0 Å². The fraction of sp³-hybridized carbons (Fsp3) is 0.381. The van der Waals surface area contributed by atoms with Gasteiger partial charge < -0.3 is 9.47 Å². The fourth-order valence-electron chi connectivity index (χ4n) is 3.03. The zero-order chi connectivity index (χ0) is 18.4. The van der Waals surface area contributed by atoms with E-state index in [-0.39, 0.29) is 12.4 Å². The summed E-state index contributed by atoms with van der Waals surface area (Å²) in [4.78, 5) is 2.48. The van der Waals surface area contributed by atoms with Crippen molar-refractivity contribution in [2.75, 3.05) is 40.4 Å². The topological polar surface area (TPSA) is 37.3 Å². The molecule has 1 fully saturated rings. The monoisotopic (exact) mass is 389 g/mol. The molecule has 5 nitrogen and oxygen atoms in total. The van der Waals surface area contributed by atoms with Crippen LogP contribution >= 0.6 is 12.4 Å². The third-order valence-electron chi connectivity index (χ3n) is 4.68. The quantitative estimate of drug-likeness (QED) is 0.707. The molecule has 0 saturated carbocycles. The Kier molecular flexibility index (Phi) is 7.95. The van der Waals surface area contributed by atoms with Gasteiger partial charge in [0.05, 0.1) is 20.4 Å². The van der Waals surface area contributed by atoms with Crippen LogP contribution in [0.5, 0.6) is 11.5 Å². The maximum absolute atomic E-state index is 5.42. The lowest BCUT2D eigenvalue weighted by atomic mass is 10.1. The first-order valence-corrected chi connectivity index (χ1v) is 8.97. The summed E-state index contributed by atoms with van der Waals surface area (Å²) in [6.45, 7) is 7.03. The van der Waals surface area contributed by atoms with Crippen LogP contribution in [0.3, 0.4) is 0 Å². The number of nitrogens with zero attached hydrogens (tertiary/aromatic N) is 3. The summed E-state index contributed by atoms with van der Waals surface area (Å²) in [7, 11) is 3.31. The van der Waals surface area contributed by atoms with Crippen molar-refractivity contribution in [3.05, 3.63) is 59.2 Å². The third kappa shape index (κ3) is 5.88. The smallest absolute Gasteiger partial charge is 0.131 e. The average molecular weight is 390 g/mol. The van der Waals surface area contributed by atoms with Crippen molar-refractivity contribution in [2.45, 2.75) is 13.5 Å². The maximum atomic E-state index is 5.42. The molecular weight excluding hydrogens is 362 g/mol. The Morgan fingerprint density at radius 2 is 1.67 bits per heavy atom. The molecule has 146 valence electrons. The van der Waals surface area contributed by atoms with Crippen LogP contribution in [0.15, 0.2) is 47.6 Å². The molecule has 0 aliphatic carbocycles. The molecule has 0 atom stereocenters. The fourth-order valence-corrected chi connectivity index (χ4v) is 3.03. The summed E-state index contributed by atoms with van der Waals surface area (Å²) in [5.74, 6) is 1.55. The summed E-state index contributed by atoms with van der Waals surface area (Å²) in [5, 5.41) is 6.75. The maximum Gasteiger partial charge on any atom is 0.131 e. The van der Waals surface area contributed by atoms with Crippen molar-refractivity contribution in [1.29, 1.82) is 0 Å². The van der Waals surface area contributed by atoms with Crippen molar-refractivity contribution < 1.29 is 9.47 Å². The number of benzene rings is 2. The number of methoxy groups -OCH3 is 2. The van der Waals surface area contributed by atoms with E-state index in [1.54, 1.807) is 14.2 Å². The van der Waals surface area contributed by atoms with Gasteiger partial charge in [-0.05, 0) is 24.6 Å². The Morgan fingerprint density at radius 3 is 2.30 bits per heavy atom. The summed E-state index contributed by atoms with van der Waals surface area (Å²) in [5.41, 5.74) is 3.63. The van der Waals surface area contributed by atoms with E-state index in [2.05, 4.69) is 46.2 Å². The first-order chi connectivity index (χ1) is 12.7. The largest absolute Gasteiger partial charge is 0.497 e. The van der Waals surface area contributed by atoms with Gasteiger partial charge in [0, 0.05) is 44.4 Å². The van der Waals surface area contributed by atoms with Crippen LogP contribution in [0.25, 0.3) is 0 Å². The van der Waals surface area contributed by atoms with E-state index < -0.39 is 0 Å². The predicted octanol–water partition coefficient (Wildman–Crippen LogP) is 3.59. The molecule has 6 heteroatoms.